The highest BCUT2D eigenvalue weighted by molar-refractivity contribution is 5.95. The molecule has 114 valence electrons. The summed E-state index contributed by atoms with van der Waals surface area (Å²) in [6.45, 7) is 1.61. The summed E-state index contributed by atoms with van der Waals surface area (Å²) in [4.78, 5) is 22.1. The predicted molar refractivity (Wildman–Crippen MR) is 77.5 cm³/mol. The molecule has 1 atom stereocenters. The third-order valence-electron chi connectivity index (χ3n) is 2.80. The van der Waals surface area contributed by atoms with Crippen molar-refractivity contribution in [3.63, 3.8) is 0 Å². The quantitative estimate of drug-likeness (QED) is 0.797. The highest BCUT2D eigenvalue weighted by atomic mass is 16.7. The van der Waals surface area contributed by atoms with Crippen LogP contribution in [-0.4, -0.2) is 28.4 Å². The third-order valence-corrected chi connectivity index (χ3v) is 2.80. The van der Waals surface area contributed by atoms with Crippen LogP contribution < -0.4 is 9.47 Å². The van der Waals surface area contributed by atoms with Crippen molar-refractivity contribution in [1.82, 2.24) is 0 Å². The van der Waals surface area contributed by atoms with Crippen LogP contribution in [0.5, 0.6) is 11.5 Å². The molecule has 0 radical (unpaired) electrons. The van der Waals surface area contributed by atoms with Crippen LogP contribution in [0.1, 0.15) is 27.6 Å². The maximum Gasteiger partial charge on any atom is 0.339 e. The van der Waals surface area contributed by atoms with Crippen LogP contribution in [0.3, 0.4) is 0 Å². The van der Waals surface area contributed by atoms with Crippen molar-refractivity contribution in [2.24, 2.45) is 0 Å². The Morgan fingerprint density at radius 3 is 2.23 bits per heavy atom. The zero-order valence-corrected chi connectivity index (χ0v) is 11.7. The normalized spacial score (nSPS) is 11.5. The van der Waals surface area contributed by atoms with Gasteiger partial charge in [-0.1, -0.05) is 18.2 Å². The lowest BCUT2D eigenvalue weighted by Crippen LogP contribution is -2.21. The summed E-state index contributed by atoms with van der Waals surface area (Å²) in [5.74, 6) is -1.86. The third kappa shape index (κ3) is 3.76. The highest BCUT2D eigenvalue weighted by Crippen LogP contribution is 2.23. The van der Waals surface area contributed by atoms with Gasteiger partial charge in [0.15, 0.2) is 0 Å². The van der Waals surface area contributed by atoms with E-state index in [2.05, 4.69) is 0 Å². The Kier molecular flexibility index (Phi) is 4.63. The Morgan fingerprint density at radius 1 is 0.955 bits per heavy atom. The zero-order chi connectivity index (χ0) is 16.1. The Balaban J connectivity index is 2.18. The van der Waals surface area contributed by atoms with Gasteiger partial charge in [-0.2, -0.15) is 0 Å². The van der Waals surface area contributed by atoms with Gasteiger partial charge in [-0.3, -0.25) is 0 Å². The van der Waals surface area contributed by atoms with Crippen LogP contribution in [0.4, 0.5) is 0 Å². The molecule has 6 nitrogen and oxygen atoms in total. The van der Waals surface area contributed by atoms with Crippen LogP contribution in [0, 0.1) is 0 Å². The molecule has 0 aromatic heterocycles. The maximum atomic E-state index is 11.2. The molecule has 0 aliphatic rings. The van der Waals surface area contributed by atoms with Gasteiger partial charge in [-0.15, -0.1) is 0 Å². The lowest BCUT2D eigenvalue weighted by Gasteiger charge is -2.18. The summed E-state index contributed by atoms with van der Waals surface area (Å²) >= 11 is 0. The second-order valence-electron chi connectivity index (χ2n) is 4.44. The molecule has 0 aliphatic carbocycles. The van der Waals surface area contributed by atoms with Gasteiger partial charge in [-0.05, 0) is 30.3 Å². The molecule has 22 heavy (non-hydrogen) atoms. The molecule has 0 aliphatic heterocycles. The molecule has 2 aromatic rings. The van der Waals surface area contributed by atoms with E-state index in [1.54, 1.807) is 31.2 Å². The fourth-order valence-corrected chi connectivity index (χ4v) is 1.83. The molecule has 2 aromatic carbocycles. The first-order valence-electron chi connectivity index (χ1n) is 6.46. The van der Waals surface area contributed by atoms with Crippen LogP contribution in [0.2, 0.25) is 0 Å². The molecule has 0 heterocycles. The molecule has 2 N–H and O–H groups in total. The van der Waals surface area contributed by atoms with Crippen molar-refractivity contribution in [2.75, 3.05) is 0 Å². The minimum absolute atomic E-state index is 0.0425. The second-order valence-corrected chi connectivity index (χ2v) is 4.44. The molecule has 0 amide bonds. The summed E-state index contributed by atoms with van der Waals surface area (Å²) in [5, 5.41) is 18.1. The molecule has 0 saturated heterocycles. The van der Waals surface area contributed by atoms with Gasteiger partial charge in [0.1, 0.15) is 17.1 Å². The SMILES string of the molecule is CC(Oc1ccccc1)Oc1ccc(C(=O)O)cc1C(=O)O. The molecule has 2 rings (SSSR count). The van der Waals surface area contributed by atoms with Gasteiger partial charge in [0.25, 0.3) is 0 Å². The van der Waals surface area contributed by atoms with Crippen LogP contribution in [-0.2, 0) is 0 Å². The van der Waals surface area contributed by atoms with Crippen molar-refractivity contribution in [1.29, 1.82) is 0 Å². The van der Waals surface area contributed by atoms with E-state index in [1.807, 2.05) is 6.07 Å². The molecule has 0 fully saturated rings. The minimum atomic E-state index is -1.27. The average Bonchev–Trinajstić information content (AvgIpc) is 2.48. The average molecular weight is 302 g/mol. The Bertz CT molecular complexity index is 680. The first-order valence-corrected chi connectivity index (χ1v) is 6.46. The van der Waals surface area contributed by atoms with E-state index in [9.17, 15) is 9.59 Å². The Labute approximate surface area is 126 Å². The van der Waals surface area contributed by atoms with Crippen LogP contribution in [0.15, 0.2) is 48.5 Å². The first-order chi connectivity index (χ1) is 10.5. The van der Waals surface area contributed by atoms with E-state index in [1.165, 1.54) is 12.1 Å². The monoisotopic (exact) mass is 302 g/mol. The van der Waals surface area contributed by atoms with Gasteiger partial charge >= 0.3 is 11.9 Å². The largest absolute Gasteiger partial charge is 0.478 e. The van der Waals surface area contributed by atoms with Gasteiger partial charge in [0.2, 0.25) is 6.29 Å². The van der Waals surface area contributed by atoms with E-state index >= 15 is 0 Å². The minimum Gasteiger partial charge on any atom is -0.478 e. The lowest BCUT2D eigenvalue weighted by molar-refractivity contribution is 0.0209. The van der Waals surface area contributed by atoms with E-state index in [0.29, 0.717) is 5.75 Å². The second kappa shape index (κ2) is 6.62. The van der Waals surface area contributed by atoms with E-state index in [0.717, 1.165) is 6.07 Å². The Morgan fingerprint density at radius 2 is 1.64 bits per heavy atom. The van der Waals surface area contributed by atoms with Crippen molar-refractivity contribution < 1.29 is 29.3 Å². The number of rotatable bonds is 6. The van der Waals surface area contributed by atoms with Crippen molar-refractivity contribution in [2.45, 2.75) is 13.2 Å². The fourth-order valence-electron chi connectivity index (χ4n) is 1.83. The number of carbonyl (C=O) groups is 2. The summed E-state index contributed by atoms with van der Waals surface area (Å²) in [6.07, 6.45) is -0.740. The first kappa shape index (κ1) is 15.4. The lowest BCUT2D eigenvalue weighted by atomic mass is 10.1. The van der Waals surface area contributed by atoms with Crippen molar-refractivity contribution in [3.8, 4) is 11.5 Å². The molecular formula is C16H14O6. The summed E-state index contributed by atoms with van der Waals surface area (Å²) in [5.41, 5.74) is -0.357. The van der Waals surface area contributed by atoms with Crippen LogP contribution >= 0.6 is 0 Å². The van der Waals surface area contributed by atoms with Crippen molar-refractivity contribution in [3.05, 3.63) is 59.7 Å². The number of carboxylic acids is 2. The van der Waals surface area contributed by atoms with Gasteiger partial charge < -0.3 is 19.7 Å². The van der Waals surface area contributed by atoms with Gasteiger partial charge in [0, 0.05) is 6.92 Å². The highest BCUT2D eigenvalue weighted by Gasteiger charge is 2.17. The summed E-state index contributed by atoms with van der Waals surface area (Å²) in [6, 6.07) is 12.5. The number of hydrogen-bond acceptors (Lipinski definition) is 4. The Hall–Kier alpha value is -3.02. The summed E-state index contributed by atoms with van der Waals surface area (Å²) < 4.78 is 10.9. The number of benzene rings is 2. The number of ether oxygens (including phenoxy) is 2. The fraction of sp³-hybridized carbons (Fsp3) is 0.125. The number of para-hydroxylation sites is 1. The van der Waals surface area contributed by atoms with Crippen LogP contribution in [0.25, 0.3) is 0 Å². The van der Waals surface area contributed by atoms with E-state index < -0.39 is 18.2 Å². The molecule has 0 spiro atoms. The molecular weight excluding hydrogens is 288 g/mol. The van der Waals surface area contributed by atoms with Gasteiger partial charge in [-0.25, -0.2) is 9.59 Å². The topological polar surface area (TPSA) is 93.1 Å². The standard InChI is InChI=1S/C16H14O6/c1-10(21-12-5-3-2-4-6-12)22-14-8-7-11(15(17)18)9-13(14)16(19)20/h2-10H,1H3,(H,17,18)(H,19,20). The number of carboxylic acid groups (broad SMARTS) is 2. The van der Waals surface area contributed by atoms with Gasteiger partial charge in [0.05, 0.1) is 5.56 Å². The van der Waals surface area contributed by atoms with Crippen molar-refractivity contribution >= 4 is 11.9 Å². The molecule has 1 unspecified atom stereocenters. The number of aromatic carboxylic acids is 2. The molecule has 0 saturated carbocycles. The predicted octanol–water partition coefficient (Wildman–Crippen LogP) is 2.89. The van der Waals surface area contributed by atoms with E-state index in [4.69, 9.17) is 19.7 Å². The maximum absolute atomic E-state index is 11.2. The summed E-state index contributed by atoms with van der Waals surface area (Å²) in [7, 11) is 0. The zero-order valence-electron chi connectivity index (χ0n) is 11.7. The number of hydrogen-bond donors (Lipinski definition) is 2. The smallest absolute Gasteiger partial charge is 0.339 e. The molecule has 0 bridgehead atoms. The molecule has 6 heteroatoms. The van der Waals surface area contributed by atoms with E-state index in [-0.39, 0.29) is 16.9 Å².